The Bertz CT molecular complexity index is 1800. The second-order valence-electron chi connectivity index (χ2n) is 12.5. The first-order chi connectivity index (χ1) is 24.7. The SMILES string of the molecule is C=CCc1cccc(C)c1OC(=O)N(Cc1cc(OC)ccc1OC)c1ccnc(Nc2ccc(OCCN3CCN(C(C)C)CC3)c(F)c2)n1. The van der Waals surface area contributed by atoms with E-state index in [9.17, 15) is 4.79 Å². The summed E-state index contributed by atoms with van der Waals surface area (Å²) < 4.78 is 38.0. The fourth-order valence-electron chi connectivity index (χ4n) is 5.91. The summed E-state index contributed by atoms with van der Waals surface area (Å²) in [6.45, 7) is 15.3. The molecule has 0 spiro atoms. The van der Waals surface area contributed by atoms with Crippen molar-refractivity contribution in [3.05, 3.63) is 102 Å². The molecule has 0 atom stereocenters. The standard InChI is InChI=1S/C39H47FN6O5/c1-7-9-29-11-8-10-28(4)37(29)51-39(47)46(26-30-24-32(48-5)13-15-34(30)49-6)36-16-17-41-38(43-36)42-31-12-14-35(33(40)25-31)50-23-22-44-18-20-45(21-19-44)27(2)3/h7-8,10-17,24-25,27H,1,9,18-23,26H2,2-6H3,(H,41,42,43). The molecule has 12 heteroatoms. The first kappa shape index (κ1) is 37.1. The Kier molecular flexibility index (Phi) is 12.8. The van der Waals surface area contributed by atoms with Crippen molar-refractivity contribution in [3.8, 4) is 23.0 Å². The van der Waals surface area contributed by atoms with Crippen molar-refractivity contribution >= 4 is 23.5 Å². The van der Waals surface area contributed by atoms with E-state index in [1.165, 1.54) is 17.2 Å². The zero-order valence-corrected chi connectivity index (χ0v) is 30.0. The van der Waals surface area contributed by atoms with E-state index in [1.807, 2.05) is 25.1 Å². The highest BCUT2D eigenvalue weighted by Crippen LogP contribution is 2.30. The molecule has 5 rings (SSSR count). The van der Waals surface area contributed by atoms with Crippen LogP contribution in [0.5, 0.6) is 23.0 Å². The molecular formula is C39H47FN6O5. The van der Waals surface area contributed by atoms with Crippen LogP contribution < -0.4 is 29.2 Å². The van der Waals surface area contributed by atoms with E-state index in [0.717, 1.165) is 43.9 Å². The lowest BCUT2D eigenvalue weighted by Crippen LogP contribution is -2.49. The van der Waals surface area contributed by atoms with Crippen molar-refractivity contribution in [3.63, 3.8) is 0 Å². The molecule has 1 aromatic heterocycles. The van der Waals surface area contributed by atoms with Crippen LogP contribution in [-0.2, 0) is 13.0 Å². The van der Waals surface area contributed by atoms with Gasteiger partial charge in [-0.3, -0.25) is 14.7 Å². The molecule has 1 aliphatic rings. The number of nitrogens with one attached hydrogen (secondary N) is 1. The Morgan fingerprint density at radius 1 is 1.02 bits per heavy atom. The normalized spacial score (nSPS) is 13.5. The molecule has 1 fully saturated rings. The molecule has 0 aliphatic carbocycles. The van der Waals surface area contributed by atoms with Crippen molar-refractivity contribution in [2.75, 3.05) is 63.8 Å². The number of benzene rings is 3. The Morgan fingerprint density at radius 2 is 1.80 bits per heavy atom. The van der Waals surface area contributed by atoms with Crippen LogP contribution in [-0.4, -0.2) is 85.5 Å². The number of amides is 1. The lowest BCUT2D eigenvalue weighted by molar-refractivity contribution is 0.0965. The van der Waals surface area contributed by atoms with E-state index < -0.39 is 11.9 Å². The van der Waals surface area contributed by atoms with E-state index in [0.29, 0.717) is 47.6 Å². The van der Waals surface area contributed by atoms with Gasteiger partial charge in [0.05, 0.1) is 20.8 Å². The van der Waals surface area contributed by atoms with Crippen LogP contribution in [0.15, 0.2) is 79.5 Å². The van der Waals surface area contributed by atoms with Crippen LogP contribution in [0.3, 0.4) is 0 Å². The van der Waals surface area contributed by atoms with Gasteiger partial charge in [0.15, 0.2) is 11.6 Å². The smallest absolute Gasteiger partial charge is 0.421 e. The van der Waals surface area contributed by atoms with Crippen molar-refractivity contribution in [2.45, 2.75) is 39.8 Å². The number of carbonyl (C=O) groups is 1. The highest BCUT2D eigenvalue weighted by molar-refractivity contribution is 5.88. The highest BCUT2D eigenvalue weighted by Gasteiger charge is 2.25. The largest absolute Gasteiger partial charge is 0.497 e. The third-order valence-electron chi connectivity index (χ3n) is 8.79. The van der Waals surface area contributed by atoms with Crippen LogP contribution >= 0.6 is 0 Å². The lowest BCUT2D eigenvalue weighted by Gasteiger charge is -2.36. The molecule has 1 amide bonds. The summed E-state index contributed by atoms with van der Waals surface area (Å²) in [6, 6.07) is 17.8. The maximum Gasteiger partial charge on any atom is 0.421 e. The Morgan fingerprint density at radius 3 is 2.51 bits per heavy atom. The van der Waals surface area contributed by atoms with E-state index in [2.05, 4.69) is 45.5 Å². The van der Waals surface area contributed by atoms with E-state index >= 15 is 4.39 Å². The second-order valence-corrected chi connectivity index (χ2v) is 12.5. The summed E-state index contributed by atoms with van der Waals surface area (Å²) in [4.78, 5) is 29.1. The van der Waals surface area contributed by atoms with Gasteiger partial charge in [0.2, 0.25) is 5.95 Å². The predicted molar refractivity (Wildman–Crippen MR) is 197 cm³/mol. The molecule has 3 aromatic carbocycles. The number of aromatic nitrogens is 2. The lowest BCUT2D eigenvalue weighted by atomic mass is 10.1. The van der Waals surface area contributed by atoms with Gasteiger partial charge in [-0.25, -0.2) is 14.2 Å². The van der Waals surface area contributed by atoms with Crippen LogP contribution in [0.25, 0.3) is 0 Å². The number of nitrogens with zero attached hydrogens (tertiary/aromatic N) is 5. The number of anilines is 3. The summed E-state index contributed by atoms with van der Waals surface area (Å²) in [7, 11) is 3.12. The van der Waals surface area contributed by atoms with Crippen LogP contribution in [0.4, 0.5) is 26.6 Å². The molecular weight excluding hydrogens is 651 g/mol. The van der Waals surface area contributed by atoms with Crippen molar-refractivity contribution in [2.24, 2.45) is 0 Å². The Balaban J connectivity index is 1.33. The molecule has 0 unspecified atom stereocenters. The monoisotopic (exact) mass is 698 g/mol. The number of carbonyl (C=O) groups excluding carboxylic acids is 1. The summed E-state index contributed by atoms with van der Waals surface area (Å²) in [6.07, 6.45) is 3.12. The summed E-state index contributed by atoms with van der Waals surface area (Å²) in [5.74, 6) is 1.65. The molecule has 0 radical (unpaired) electrons. The zero-order valence-electron chi connectivity index (χ0n) is 30.0. The molecule has 1 saturated heterocycles. The second kappa shape index (κ2) is 17.6. The third kappa shape index (κ3) is 9.74. The minimum Gasteiger partial charge on any atom is -0.497 e. The highest BCUT2D eigenvalue weighted by atomic mass is 19.1. The number of hydrogen-bond acceptors (Lipinski definition) is 10. The average molecular weight is 699 g/mol. The topological polar surface area (TPSA) is 102 Å². The van der Waals surface area contributed by atoms with Gasteiger partial charge in [-0.2, -0.15) is 4.98 Å². The van der Waals surface area contributed by atoms with E-state index in [-0.39, 0.29) is 24.1 Å². The molecule has 1 N–H and O–H groups in total. The van der Waals surface area contributed by atoms with Gasteiger partial charge in [-0.05, 0) is 74.7 Å². The Hall–Kier alpha value is -5.20. The molecule has 0 saturated carbocycles. The minimum atomic E-state index is -0.668. The Labute approximate surface area is 299 Å². The molecule has 51 heavy (non-hydrogen) atoms. The number of hydrogen-bond donors (Lipinski definition) is 1. The number of ether oxygens (including phenoxy) is 4. The molecule has 2 heterocycles. The van der Waals surface area contributed by atoms with Crippen LogP contribution in [0, 0.1) is 12.7 Å². The molecule has 0 bridgehead atoms. The predicted octanol–water partition coefficient (Wildman–Crippen LogP) is 7.02. The third-order valence-corrected chi connectivity index (χ3v) is 8.79. The maximum atomic E-state index is 15.2. The van der Waals surface area contributed by atoms with Crippen molar-refractivity contribution in [1.29, 1.82) is 0 Å². The first-order valence-electron chi connectivity index (χ1n) is 17.1. The van der Waals surface area contributed by atoms with E-state index in [4.69, 9.17) is 18.9 Å². The average Bonchev–Trinajstić information content (AvgIpc) is 3.13. The van der Waals surface area contributed by atoms with Gasteiger partial charge >= 0.3 is 6.09 Å². The zero-order chi connectivity index (χ0) is 36.3. The van der Waals surface area contributed by atoms with Crippen LogP contribution in [0.2, 0.25) is 0 Å². The fourth-order valence-corrected chi connectivity index (χ4v) is 5.91. The van der Waals surface area contributed by atoms with Crippen molar-refractivity contribution in [1.82, 2.24) is 19.8 Å². The van der Waals surface area contributed by atoms with Gasteiger partial charge in [0.1, 0.15) is 29.7 Å². The number of aryl methyl sites for hydroxylation is 1. The van der Waals surface area contributed by atoms with Gasteiger partial charge < -0.3 is 24.3 Å². The fraction of sp³-hybridized carbons (Fsp3) is 0.359. The van der Waals surface area contributed by atoms with Crippen LogP contribution in [0.1, 0.15) is 30.5 Å². The van der Waals surface area contributed by atoms with E-state index in [1.54, 1.807) is 56.7 Å². The summed E-state index contributed by atoms with van der Waals surface area (Å²) in [5.41, 5.74) is 2.69. The number of halogens is 1. The molecule has 1 aliphatic heterocycles. The van der Waals surface area contributed by atoms with Crippen molar-refractivity contribution < 1.29 is 28.1 Å². The number of rotatable bonds is 15. The minimum absolute atomic E-state index is 0.0341. The molecule has 11 nitrogen and oxygen atoms in total. The number of allylic oxidation sites excluding steroid dienone is 1. The number of methoxy groups -OCH3 is 2. The number of para-hydroxylation sites is 1. The first-order valence-corrected chi connectivity index (χ1v) is 17.1. The maximum absolute atomic E-state index is 15.2. The summed E-state index contributed by atoms with van der Waals surface area (Å²) in [5, 5.41) is 3.05. The molecule has 4 aromatic rings. The van der Waals surface area contributed by atoms with Gasteiger partial charge in [0, 0.05) is 62.3 Å². The van der Waals surface area contributed by atoms with Gasteiger partial charge in [-0.15, -0.1) is 6.58 Å². The summed E-state index contributed by atoms with van der Waals surface area (Å²) >= 11 is 0. The quantitative estimate of drug-likeness (QED) is 0.130. The van der Waals surface area contributed by atoms with Gasteiger partial charge in [-0.1, -0.05) is 24.3 Å². The molecule has 270 valence electrons. The van der Waals surface area contributed by atoms with Gasteiger partial charge in [0.25, 0.3) is 0 Å². The number of piperazine rings is 1.